The maximum absolute atomic E-state index is 12.1. The Morgan fingerprint density at radius 3 is 2.91 bits per heavy atom. The van der Waals surface area contributed by atoms with Gasteiger partial charge >= 0.3 is 0 Å². The summed E-state index contributed by atoms with van der Waals surface area (Å²) in [6, 6.07) is 7.11. The minimum atomic E-state index is -0.167. The smallest absolute Gasteiger partial charge is 0.257 e. The number of carbonyl (C=O) groups excluding carboxylic acids is 1. The Kier molecular flexibility index (Phi) is 4.70. The molecule has 1 aromatic carbocycles. The van der Waals surface area contributed by atoms with Crippen LogP contribution in [0, 0.1) is 6.92 Å². The van der Waals surface area contributed by atoms with Gasteiger partial charge in [-0.2, -0.15) is 0 Å². The molecule has 2 aromatic rings. The molecule has 0 unspecified atom stereocenters. The fourth-order valence-corrected chi connectivity index (χ4v) is 2.91. The first-order valence-electron chi connectivity index (χ1n) is 7.29. The Hall–Kier alpha value is -1.92. The Morgan fingerprint density at radius 2 is 2.27 bits per heavy atom. The van der Waals surface area contributed by atoms with Gasteiger partial charge in [-0.25, -0.2) is 4.98 Å². The number of anilines is 1. The molecule has 0 radical (unpaired) electrons. The fourth-order valence-electron chi connectivity index (χ4n) is 2.25. The summed E-state index contributed by atoms with van der Waals surface area (Å²) in [6.45, 7) is 3.33. The van der Waals surface area contributed by atoms with Crippen LogP contribution in [-0.4, -0.2) is 30.2 Å². The predicted molar refractivity (Wildman–Crippen MR) is 85.7 cm³/mol. The van der Waals surface area contributed by atoms with Crippen LogP contribution in [-0.2, 0) is 4.74 Å². The molecule has 1 N–H and O–H groups in total. The number of rotatable bonds is 5. The standard InChI is InChI=1S/C16H18N2O3S/c1-11-9-17-16(22-11)18-15(19)12-4-6-13(7-5-12)21-10-14-3-2-8-20-14/h4-7,9,14H,2-3,8,10H2,1H3,(H,17,18,19)/t14-/m0/s1. The summed E-state index contributed by atoms with van der Waals surface area (Å²) in [7, 11) is 0. The van der Waals surface area contributed by atoms with Crippen molar-refractivity contribution >= 4 is 22.4 Å². The zero-order valence-electron chi connectivity index (χ0n) is 12.4. The lowest BCUT2D eigenvalue weighted by atomic mass is 10.2. The van der Waals surface area contributed by atoms with Crippen molar-refractivity contribution in [2.24, 2.45) is 0 Å². The summed E-state index contributed by atoms with van der Waals surface area (Å²) < 4.78 is 11.2. The number of thiazole rings is 1. The summed E-state index contributed by atoms with van der Waals surface area (Å²) in [6.07, 6.45) is 4.08. The highest BCUT2D eigenvalue weighted by Crippen LogP contribution is 2.19. The number of aromatic nitrogens is 1. The lowest BCUT2D eigenvalue weighted by molar-refractivity contribution is 0.0679. The molecular formula is C16H18N2O3S. The SMILES string of the molecule is Cc1cnc(NC(=O)c2ccc(OC[C@@H]3CCCO3)cc2)s1. The second kappa shape index (κ2) is 6.89. The molecule has 3 rings (SSSR count). The number of ether oxygens (including phenoxy) is 2. The molecular weight excluding hydrogens is 300 g/mol. The lowest BCUT2D eigenvalue weighted by Crippen LogP contribution is -2.16. The van der Waals surface area contributed by atoms with Crippen molar-refractivity contribution in [1.29, 1.82) is 0 Å². The first kappa shape index (κ1) is 15.0. The molecule has 1 aliphatic heterocycles. The fraction of sp³-hybridized carbons (Fsp3) is 0.375. The van der Waals surface area contributed by atoms with Gasteiger partial charge in [0.05, 0.1) is 6.10 Å². The van der Waals surface area contributed by atoms with Crippen LogP contribution in [0.2, 0.25) is 0 Å². The molecule has 1 amide bonds. The second-order valence-electron chi connectivity index (χ2n) is 5.20. The van der Waals surface area contributed by atoms with E-state index in [-0.39, 0.29) is 12.0 Å². The van der Waals surface area contributed by atoms with Crippen LogP contribution in [0.5, 0.6) is 5.75 Å². The van der Waals surface area contributed by atoms with E-state index in [0.29, 0.717) is 17.3 Å². The van der Waals surface area contributed by atoms with Gasteiger partial charge in [0.25, 0.3) is 5.91 Å². The van der Waals surface area contributed by atoms with Crippen molar-refractivity contribution in [3.63, 3.8) is 0 Å². The van der Waals surface area contributed by atoms with Gasteiger partial charge in [0, 0.05) is 23.2 Å². The zero-order chi connectivity index (χ0) is 15.4. The third kappa shape index (κ3) is 3.84. The number of nitrogens with one attached hydrogen (secondary N) is 1. The van der Waals surface area contributed by atoms with Crippen LogP contribution < -0.4 is 10.1 Å². The second-order valence-corrected chi connectivity index (χ2v) is 6.44. The molecule has 0 bridgehead atoms. The molecule has 0 aliphatic carbocycles. The van der Waals surface area contributed by atoms with Gasteiger partial charge in [0.15, 0.2) is 5.13 Å². The van der Waals surface area contributed by atoms with E-state index in [1.807, 2.05) is 6.92 Å². The van der Waals surface area contributed by atoms with E-state index < -0.39 is 0 Å². The lowest BCUT2D eigenvalue weighted by Gasteiger charge is -2.11. The normalized spacial score (nSPS) is 17.4. The van der Waals surface area contributed by atoms with E-state index in [1.165, 1.54) is 11.3 Å². The van der Waals surface area contributed by atoms with E-state index in [0.717, 1.165) is 30.1 Å². The zero-order valence-corrected chi connectivity index (χ0v) is 13.2. The van der Waals surface area contributed by atoms with Crippen LogP contribution >= 0.6 is 11.3 Å². The number of amides is 1. The average molecular weight is 318 g/mol. The van der Waals surface area contributed by atoms with Crippen LogP contribution in [0.3, 0.4) is 0 Å². The molecule has 2 heterocycles. The number of carbonyl (C=O) groups is 1. The van der Waals surface area contributed by atoms with Crippen molar-refractivity contribution in [2.45, 2.75) is 25.9 Å². The summed E-state index contributed by atoms with van der Waals surface area (Å²) >= 11 is 1.45. The van der Waals surface area contributed by atoms with Crippen LogP contribution in [0.1, 0.15) is 28.1 Å². The van der Waals surface area contributed by atoms with Gasteiger partial charge in [0.2, 0.25) is 0 Å². The third-order valence-corrected chi connectivity index (χ3v) is 4.25. The van der Waals surface area contributed by atoms with Crippen LogP contribution in [0.15, 0.2) is 30.5 Å². The number of benzene rings is 1. The quantitative estimate of drug-likeness (QED) is 0.919. The molecule has 1 fully saturated rings. The first-order valence-corrected chi connectivity index (χ1v) is 8.10. The van der Waals surface area contributed by atoms with E-state index >= 15 is 0 Å². The summed E-state index contributed by atoms with van der Waals surface area (Å²) in [5.41, 5.74) is 0.581. The van der Waals surface area contributed by atoms with E-state index in [4.69, 9.17) is 9.47 Å². The molecule has 5 nitrogen and oxygen atoms in total. The maximum atomic E-state index is 12.1. The van der Waals surface area contributed by atoms with Crippen molar-refractivity contribution in [3.8, 4) is 5.75 Å². The van der Waals surface area contributed by atoms with Gasteiger partial charge in [-0.1, -0.05) is 0 Å². The van der Waals surface area contributed by atoms with Gasteiger partial charge in [-0.15, -0.1) is 11.3 Å². The van der Waals surface area contributed by atoms with Crippen molar-refractivity contribution in [1.82, 2.24) is 4.98 Å². The Bertz CT molecular complexity index is 633. The Balaban J connectivity index is 1.54. The minimum absolute atomic E-state index is 0.167. The molecule has 1 saturated heterocycles. The maximum Gasteiger partial charge on any atom is 0.257 e. The van der Waals surface area contributed by atoms with Gasteiger partial charge in [-0.3, -0.25) is 10.1 Å². The summed E-state index contributed by atoms with van der Waals surface area (Å²) in [5.74, 6) is 0.581. The van der Waals surface area contributed by atoms with Gasteiger partial charge in [0.1, 0.15) is 12.4 Å². The number of aryl methyl sites for hydroxylation is 1. The highest BCUT2D eigenvalue weighted by atomic mass is 32.1. The molecule has 6 heteroatoms. The molecule has 22 heavy (non-hydrogen) atoms. The summed E-state index contributed by atoms with van der Waals surface area (Å²) in [5, 5.41) is 3.40. The Labute approximate surface area is 133 Å². The third-order valence-electron chi connectivity index (χ3n) is 3.42. The number of hydrogen-bond donors (Lipinski definition) is 1. The summed E-state index contributed by atoms with van der Waals surface area (Å²) in [4.78, 5) is 17.3. The highest BCUT2D eigenvalue weighted by Gasteiger charge is 2.16. The molecule has 1 aliphatic rings. The van der Waals surface area contributed by atoms with E-state index in [9.17, 15) is 4.79 Å². The Morgan fingerprint density at radius 1 is 1.45 bits per heavy atom. The number of hydrogen-bond acceptors (Lipinski definition) is 5. The molecule has 116 valence electrons. The van der Waals surface area contributed by atoms with Crippen molar-refractivity contribution in [3.05, 3.63) is 40.9 Å². The van der Waals surface area contributed by atoms with Crippen molar-refractivity contribution < 1.29 is 14.3 Å². The average Bonchev–Trinajstić information content (AvgIpc) is 3.17. The highest BCUT2D eigenvalue weighted by molar-refractivity contribution is 7.15. The largest absolute Gasteiger partial charge is 0.491 e. The van der Waals surface area contributed by atoms with Gasteiger partial charge < -0.3 is 9.47 Å². The molecule has 1 aromatic heterocycles. The molecule has 0 spiro atoms. The first-order chi connectivity index (χ1) is 10.7. The van der Waals surface area contributed by atoms with Crippen LogP contribution in [0.4, 0.5) is 5.13 Å². The van der Waals surface area contributed by atoms with E-state index in [1.54, 1.807) is 30.5 Å². The molecule has 0 saturated carbocycles. The van der Waals surface area contributed by atoms with E-state index in [2.05, 4.69) is 10.3 Å². The molecule has 1 atom stereocenters. The minimum Gasteiger partial charge on any atom is -0.491 e. The monoisotopic (exact) mass is 318 g/mol. The number of nitrogens with zero attached hydrogens (tertiary/aromatic N) is 1. The topological polar surface area (TPSA) is 60.5 Å². The predicted octanol–water partition coefficient (Wildman–Crippen LogP) is 3.26. The van der Waals surface area contributed by atoms with Crippen molar-refractivity contribution in [2.75, 3.05) is 18.5 Å². The van der Waals surface area contributed by atoms with Gasteiger partial charge in [-0.05, 0) is 44.0 Å². The van der Waals surface area contributed by atoms with Crippen LogP contribution in [0.25, 0.3) is 0 Å².